The van der Waals surface area contributed by atoms with Crippen LogP contribution in [-0.4, -0.2) is 45.3 Å². The number of anilines is 1. The van der Waals surface area contributed by atoms with Crippen molar-refractivity contribution in [1.82, 2.24) is 14.8 Å². The van der Waals surface area contributed by atoms with Crippen LogP contribution in [0.15, 0.2) is 5.16 Å². The van der Waals surface area contributed by atoms with E-state index in [1.807, 2.05) is 11.8 Å². The summed E-state index contributed by atoms with van der Waals surface area (Å²) in [6.07, 6.45) is 9.60. The first-order valence-corrected chi connectivity index (χ1v) is 9.32. The van der Waals surface area contributed by atoms with E-state index in [2.05, 4.69) is 19.7 Å². The van der Waals surface area contributed by atoms with Crippen LogP contribution in [0.5, 0.6) is 0 Å². The third-order valence-electron chi connectivity index (χ3n) is 4.23. The van der Waals surface area contributed by atoms with Gasteiger partial charge in [-0.05, 0) is 44.9 Å². The molecule has 1 aromatic heterocycles. The topological polar surface area (TPSA) is 54.2 Å². The number of aliphatic hydroxyl groups is 1. The van der Waals surface area contributed by atoms with Crippen LogP contribution in [0.25, 0.3) is 0 Å². The highest BCUT2D eigenvalue weighted by atomic mass is 32.2. The summed E-state index contributed by atoms with van der Waals surface area (Å²) in [7, 11) is 0. The molecule has 1 saturated heterocycles. The van der Waals surface area contributed by atoms with E-state index in [4.69, 9.17) is 5.11 Å². The summed E-state index contributed by atoms with van der Waals surface area (Å²) in [5.74, 6) is 2.18. The highest BCUT2D eigenvalue weighted by Crippen LogP contribution is 2.41. The molecule has 0 aromatic carbocycles. The van der Waals surface area contributed by atoms with Crippen molar-refractivity contribution in [3.8, 4) is 0 Å². The molecule has 2 aliphatic rings. The Morgan fingerprint density at radius 3 is 2.57 bits per heavy atom. The van der Waals surface area contributed by atoms with Crippen molar-refractivity contribution in [2.45, 2.75) is 62.6 Å². The van der Waals surface area contributed by atoms with Gasteiger partial charge in [-0.2, -0.15) is 0 Å². The molecule has 0 atom stereocenters. The molecule has 5 nitrogen and oxygen atoms in total. The summed E-state index contributed by atoms with van der Waals surface area (Å²) in [6, 6.07) is 0.636. The Morgan fingerprint density at radius 2 is 1.86 bits per heavy atom. The standard InChI is InChI=1S/C15H26N4OS/c20-11-5-2-6-12-21-15-17-16-14(19(15)13-7-8-13)18-9-3-1-4-10-18/h13,20H,1-12H2. The molecule has 1 N–H and O–H groups in total. The Balaban J connectivity index is 1.62. The van der Waals surface area contributed by atoms with Crippen molar-refractivity contribution in [3.63, 3.8) is 0 Å². The molecule has 0 spiro atoms. The van der Waals surface area contributed by atoms with E-state index in [9.17, 15) is 0 Å². The molecule has 6 heteroatoms. The summed E-state index contributed by atoms with van der Waals surface area (Å²) in [5, 5.41) is 18.9. The normalized spacial score (nSPS) is 19.2. The number of aliphatic hydroxyl groups excluding tert-OH is 1. The van der Waals surface area contributed by atoms with Crippen LogP contribution in [0, 0.1) is 0 Å². The molecule has 1 aliphatic carbocycles. The third-order valence-corrected chi connectivity index (χ3v) is 5.26. The predicted molar refractivity (Wildman–Crippen MR) is 86.0 cm³/mol. The van der Waals surface area contributed by atoms with Gasteiger partial charge in [0.25, 0.3) is 0 Å². The summed E-state index contributed by atoms with van der Waals surface area (Å²) in [4.78, 5) is 2.42. The van der Waals surface area contributed by atoms with Crippen molar-refractivity contribution in [1.29, 1.82) is 0 Å². The molecule has 2 fully saturated rings. The highest BCUT2D eigenvalue weighted by Gasteiger charge is 2.31. The zero-order valence-electron chi connectivity index (χ0n) is 12.7. The van der Waals surface area contributed by atoms with Gasteiger partial charge in [-0.15, -0.1) is 10.2 Å². The number of rotatable bonds is 8. The maximum Gasteiger partial charge on any atom is 0.228 e. The molecular weight excluding hydrogens is 284 g/mol. The van der Waals surface area contributed by atoms with E-state index < -0.39 is 0 Å². The van der Waals surface area contributed by atoms with Crippen molar-refractivity contribution in [3.05, 3.63) is 0 Å². The monoisotopic (exact) mass is 310 g/mol. The number of unbranched alkanes of at least 4 members (excludes halogenated alkanes) is 2. The molecule has 1 saturated carbocycles. The van der Waals surface area contributed by atoms with Gasteiger partial charge in [0.15, 0.2) is 5.16 Å². The molecule has 2 heterocycles. The first-order valence-electron chi connectivity index (χ1n) is 8.33. The van der Waals surface area contributed by atoms with Crippen molar-refractivity contribution >= 4 is 17.7 Å². The maximum absolute atomic E-state index is 8.82. The average Bonchev–Trinajstić information content (AvgIpc) is 3.28. The van der Waals surface area contributed by atoms with Crippen LogP contribution in [0.3, 0.4) is 0 Å². The van der Waals surface area contributed by atoms with Gasteiger partial charge in [-0.3, -0.25) is 4.57 Å². The van der Waals surface area contributed by atoms with Crippen LogP contribution in [0.2, 0.25) is 0 Å². The Hall–Kier alpha value is -0.750. The minimum Gasteiger partial charge on any atom is -0.396 e. The van der Waals surface area contributed by atoms with Crippen molar-refractivity contribution in [2.24, 2.45) is 0 Å². The summed E-state index contributed by atoms with van der Waals surface area (Å²) in [5.41, 5.74) is 0. The van der Waals surface area contributed by atoms with Crippen LogP contribution in [0.1, 0.15) is 57.4 Å². The first kappa shape index (κ1) is 15.2. The van der Waals surface area contributed by atoms with E-state index >= 15 is 0 Å². The fourth-order valence-corrected chi connectivity index (χ4v) is 3.88. The number of aromatic nitrogens is 3. The lowest BCUT2D eigenvalue weighted by molar-refractivity contribution is 0.284. The number of thioether (sulfide) groups is 1. The SMILES string of the molecule is OCCCCCSc1nnc(N2CCCCC2)n1C1CC1. The van der Waals surface area contributed by atoms with E-state index in [0.717, 1.165) is 49.2 Å². The molecule has 21 heavy (non-hydrogen) atoms. The number of hydrogen-bond donors (Lipinski definition) is 1. The van der Waals surface area contributed by atoms with E-state index in [1.165, 1.54) is 32.1 Å². The van der Waals surface area contributed by atoms with E-state index in [0.29, 0.717) is 12.6 Å². The average molecular weight is 310 g/mol. The Bertz CT molecular complexity index is 441. The number of piperidine rings is 1. The fraction of sp³-hybridized carbons (Fsp3) is 0.867. The molecule has 1 aliphatic heterocycles. The minimum absolute atomic E-state index is 0.308. The van der Waals surface area contributed by atoms with Gasteiger partial charge in [0, 0.05) is 31.5 Å². The summed E-state index contributed by atoms with van der Waals surface area (Å²) < 4.78 is 2.39. The molecular formula is C15H26N4OS. The zero-order chi connectivity index (χ0) is 14.5. The first-order chi connectivity index (χ1) is 10.4. The lowest BCUT2D eigenvalue weighted by atomic mass is 10.1. The molecule has 1 aromatic rings. The quantitative estimate of drug-likeness (QED) is 0.591. The van der Waals surface area contributed by atoms with Gasteiger partial charge in [-0.25, -0.2) is 0 Å². The molecule has 0 unspecified atom stereocenters. The van der Waals surface area contributed by atoms with Gasteiger partial charge in [0.2, 0.25) is 5.95 Å². The van der Waals surface area contributed by atoms with Gasteiger partial charge < -0.3 is 10.0 Å². The van der Waals surface area contributed by atoms with Crippen molar-refractivity contribution < 1.29 is 5.11 Å². The fourth-order valence-electron chi connectivity index (χ4n) is 2.88. The van der Waals surface area contributed by atoms with Gasteiger partial charge in [0.1, 0.15) is 0 Å². The molecule has 3 rings (SSSR count). The Morgan fingerprint density at radius 1 is 1.05 bits per heavy atom. The van der Waals surface area contributed by atoms with Crippen LogP contribution < -0.4 is 4.90 Å². The van der Waals surface area contributed by atoms with Crippen molar-refractivity contribution in [2.75, 3.05) is 30.3 Å². The lowest BCUT2D eigenvalue weighted by Gasteiger charge is -2.27. The number of hydrogen-bond acceptors (Lipinski definition) is 5. The predicted octanol–water partition coefficient (Wildman–Crippen LogP) is 2.86. The van der Waals surface area contributed by atoms with E-state index in [1.54, 1.807) is 0 Å². The van der Waals surface area contributed by atoms with Crippen LogP contribution in [-0.2, 0) is 0 Å². The summed E-state index contributed by atoms with van der Waals surface area (Å²) in [6.45, 7) is 2.57. The van der Waals surface area contributed by atoms with Gasteiger partial charge in [-0.1, -0.05) is 18.2 Å². The molecule has 0 amide bonds. The van der Waals surface area contributed by atoms with E-state index in [-0.39, 0.29) is 0 Å². The highest BCUT2D eigenvalue weighted by molar-refractivity contribution is 7.99. The minimum atomic E-state index is 0.308. The largest absolute Gasteiger partial charge is 0.396 e. The smallest absolute Gasteiger partial charge is 0.228 e. The molecule has 0 radical (unpaired) electrons. The zero-order valence-corrected chi connectivity index (χ0v) is 13.5. The maximum atomic E-state index is 8.82. The second-order valence-electron chi connectivity index (χ2n) is 6.06. The molecule has 0 bridgehead atoms. The summed E-state index contributed by atoms with van der Waals surface area (Å²) >= 11 is 1.83. The van der Waals surface area contributed by atoms with Gasteiger partial charge in [0.05, 0.1) is 0 Å². The second-order valence-corrected chi connectivity index (χ2v) is 7.13. The lowest BCUT2D eigenvalue weighted by Crippen LogP contribution is -2.31. The third kappa shape index (κ3) is 3.92. The van der Waals surface area contributed by atoms with Gasteiger partial charge >= 0.3 is 0 Å². The Labute approximate surface area is 131 Å². The second kappa shape index (κ2) is 7.49. The Kier molecular flexibility index (Phi) is 5.41. The molecule has 118 valence electrons. The van der Waals surface area contributed by atoms with Crippen LogP contribution >= 0.6 is 11.8 Å². The van der Waals surface area contributed by atoms with Crippen LogP contribution in [0.4, 0.5) is 5.95 Å². The number of nitrogens with zero attached hydrogens (tertiary/aromatic N) is 4.